The first-order valence-corrected chi connectivity index (χ1v) is 14.1. The predicted molar refractivity (Wildman–Crippen MR) is 164 cm³/mol. The molecule has 4 aromatic rings. The highest BCUT2D eigenvalue weighted by molar-refractivity contribution is 9.10. The molecule has 4 aromatic carbocycles. The van der Waals surface area contributed by atoms with Crippen LogP contribution in [0.5, 0.6) is 11.5 Å². The third kappa shape index (κ3) is 5.31. The Morgan fingerprint density at radius 3 is 1.50 bits per heavy atom. The van der Waals surface area contributed by atoms with Crippen LogP contribution in [0, 0.1) is 0 Å². The van der Waals surface area contributed by atoms with Gasteiger partial charge in [0.1, 0.15) is 11.5 Å². The quantitative estimate of drug-likeness (QED) is 0.118. The van der Waals surface area contributed by atoms with Crippen molar-refractivity contribution in [3.8, 4) is 11.5 Å². The molecule has 0 saturated heterocycles. The average Bonchev–Trinajstić information content (AvgIpc) is 2.97. The third-order valence-electron chi connectivity index (χ3n) is 7.72. The summed E-state index contributed by atoms with van der Waals surface area (Å²) in [5.74, 6) is -0.860. The smallest absolute Gasteiger partial charge is 0.211 e. The molecule has 0 heterocycles. The first-order valence-electron chi connectivity index (χ1n) is 12.8. The Labute approximate surface area is 249 Å². The van der Waals surface area contributed by atoms with Gasteiger partial charge in [-0.3, -0.25) is 0 Å². The minimum absolute atomic E-state index is 0.346. The van der Waals surface area contributed by atoms with Crippen LogP contribution in [0.15, 0.2) is 72.8 Å². The van der Waals surface area contributed by atoms with Crippen molar-refractivity contribution in [3.63, 3.8) is 0 Å². The zero-order valence-electron chi connectivity index (χ0n) is 23.9. The summed E-state index contributed by atoms with van der Waals surface area (Å²) in [4.78, 5) is 0. The number of alkyl halides is 2. The van der Waals surface area contributed by atoms with E-state index >= 15 is 0 Å². The van der Waals surface area contributed by atoms with Gasteiger partial charge in [0.25, 0.3) is 0 Å². The lowest BCUT2D eigenvalue weighted by molar-refractivity contribution is -0.246. The van der Waals surface area contributed by atoms with Crippen LogP contribution in [0.25, 0.3) is 21.5 Å². The molecule has 8 heteroatoms. The molecular weight excluding hydrogens is 596 g/mol. The number of rotatable bonds is 12. The van der Waals surface area contributed by atoms with E-state index in [9.17, 15) is 0 Å². The normalized spacial score (nSPS) is 14.7. The molecule has 0 radical (unpaired) electrons. The fraction of sp³-hybridized carbons (Fsp3) is 0.375. The first-order chi connectivity index (χ1) is 19.1. The van der Waals surface area contributed by atoms with E-state index in [-0.39, 0.29) is 0 Å². The van der Waals surface area contributed by atoms with E-state index in [4.69, 9.17) is 40.0 Å². The van der Waals surface area contributed by atoms with Crippen molar-refractivity contribution in [1.29, 1.82) is 0 Å². The van der Waals surface area contributed by atoms with Gasteiger partial charge >= 0.3 is 0 Å². The second-order valence-corrected chi connectivity index (χ2v) is 12.1. The first kappa shape index (κ1) is 30.6. The van der Waals surface area contributed by atoms with E-state index in [2.05, 4.69) is 22.0 Å². The van der Waals surface area contributed by atoms with Crippen molar-refractivity contribution in [1.82, 2.24) is 0 Å². The molecule has 0 amide bonds. The van der Waals surface area contributed by atoms with Crippen molar-refractivity contribution in [2.24, 2.45) is 0 Å². The molecule has 0 saturated carbocycles. The highest BCUT2D eigenvalue weighted by atomic mass is 79.9. The fourth-order valence-corrected chi connectivity index (χ4v) is 7.21. The van der Waals surface area contributed by atoms with Gasteiger partial charge in [0, 0.05) is 39.6 Å². The summed E-state index contributed by atoms with van der Waals surface area (Å²) in [7, 11) is 9.76. The Morgan fingerprint density at radius 2 is 1.05 bits per heavy atom. The van der Waals surface area contributed by atoms with Gasteiger partial charge in [0.2, 0.25) is 11.6 Å². The van der Waals surface area contributed by atoms with E-state index in [0.29, 0.717) is 6.42 Å². The lowest BCUT2D eigenvalue weighted by Gasteiger charge is -2.46. The van der Waals surface area contributed by atoms with Crippen LogP contribution >= 0.6 is 27.5 Å². The van der Waals surface area contributed by atoms with E-state index in [1.807, 2.05) is 73.7 Å². The fourth-order valence-electron chi connectivity index (χ4n) is 5.53. The molecule has 4 rings (SSSR count). The van der Waals surface area contributed by atoms with E-state index in [0.717, 1.165) is 44.2 Å². The van der Waals surface area contributed by atoms with Crippen LogP contribution in [-0.2, 0) is 30.5 Å². The van der Waals surface area contributed by atoms with Crippen LogP contribution in [0.3, 0.4) is 0 Å². The molecule has 0 aliphatic heterocycles. The molecule has 0 spiro atoms. The summed E-state index contributed by atoms with van der Waals surface area (Å²) in [6.45, 7) is 2.00. The number of benzene rings is 4. The zero-order chi connectivity index (χ0) is 29.1. The minimum Gasteiger partial charge on any atom is -0.497 e. The van der Waals surface area contributed by atoms with Gasteiger partial charge in [0.05, 0.1) is 23.9 Å². The van der Waals surface area contributed by atoms with Gasteiger partial charge in [-0.15, -0.1) is 11.6 Å². The Bertz CT molecular complexity index is 1460. The third-order valence-corrected chi connectivity index (χ3v) is 9.01. The standard InChI is InChI=1S/C32H36BrClO6/c1-30(33,32(39-6,40-7)26-13-9-24-19-28(36-3)15-11-22(24)17-26)20-29(34)31(37-4,38-5)25-12-8-23-18-27(35-2)14-10-21(23)16-25/h8-19,29H,20H2,1-7H3. The highest BCUT2D eigenvalue weighted by Crippen LogP contribution is 2.50. The van der Waals surface area contributed by atoms with E-state index < -0.39 is 21.3 Å². The summed E-state index contributed by atoms with van der Waals surface area (Å²) < 4.78 is 34.3. The molecule has 0 aliphatic rings. The number of hydrogen-bond acceptors (Lipinski definition) is 6. The van der Waals surface area contributed by atoms with Crippen molar-refractivity contribution in [2.75, 3.05) is 42.7 Å². The second-order valence-electron chi connectivity index (χ2n) is 9.83. The van der Waals surface area contributed by atoms with Gasteiger partial charge in [-0.2, -0.15) is 0 Å². The Morgan fingerprint density at radius 1 is 0.625 bits per heavy atom. The Kier molecular flexibility index (Phi) is 9.35. The van der Waals surface area contributed by atoms with E-state index in [1.54, 1.807) is 42.7 Å². The molecule has 0 aromatic heterocycles. The summed E-state index contributed by atoms with van der Waals surface area (Å²) in [6, 6.07) is 23.9. The molecule has 0 N–H and O–H groups in total. The maximum atomic E-state index is 7.23. The SMILES string of the molecule is COc1ccc2cc(C(OC)(OC)C(Cl)CC(C)(Br)C(OC)(OC)c3ccc4cc(OC)ccc4c3)ccc2c1. The molecule has 0 fully saturated rings. The molecular formula is C32H36BrClO6. The van der Waals surface area contributed by atoms with Gasteiger partial charge in [-0.1, -0.05) is 52.3 Å². The lowest BCUT2D eigenvalue weighted by Crippen LogP contribution is -2.52. The van der Waals surface area contributed by atoms with Crippen molar-refractivity contribution >= 4 is 49.1 Å². The number of halogens is 2. The number of ether oxygens (including phenoxy) is 6. The Balaban J connectivity index is 1.73. The Hall–Kier alpha value is -2.39. The molecule has 0 aliphatic carbocycles. The minimum atomic E-state index is -1.25. The predicted octanol–water partition coefficient (Wildman–Crippen LogP) is 7.75. The van der Waals surface area contributed by atoms with Gasteiger partial charge < -0.3 is 28.4 Å². The molecule has 0 bridgehead atoms. The maximum absolute atomic E-state index is 7.23. The van der Waals surface area contributed by atoms with Crippen LogP contribution < -0.4 is 9.47 Å². The number of hydrogen-bond donors (Lipinski definition) is 0. The van der Waals surface area contributed by atoms with E-state index in [1.165, 1.54) is 0 Å². The highest BCUT2D eigenvalue weighted by Gasteiger charge is 2.54. The average molecular weight is 632 g/mol. The molecule has 40 heavy (non-hydrogen) atoms. The van der Waals surface area contributed by atoms with Gasteiger partial charge in [-0.05, 0) is 71.3 Å². The van der Waals surface area contributed by atoms with Crippen LogP contribution in [0.4, 0.5) is 0 Å². The molecule has 2 atom stereocenters. The number of methoxy groups -OCH3 is 6. The van der Waals surface area contributed by atoms with Gasteiger partial charge in [0.15, 0.2) is 0 Å². The summed E-state index contributed by atoms with van der Waals surface area (Å²) >= 11 is 11.2. The summed E-state index contributed by atoms with van der Waals surface area (Å²) in [6.07, 6.45) is 0.346. The summed E-state index contributed by atoms with van der Waals surface area (Å²) in [5.41, 5.74) is 1.62. The van der Waals surface area contributed by atoms with Crippen molar-refractivity contribution < 1.29 is 28.4 Å². The monoisotopic (exact) mass is 630 g/mol. The topological polar surface area (TPSA) is 55.4 Å². The lowest BCUT2D eigenvalue weighted by atomic mass is 9.85. The molecule has 6 nitrogen and oxygen atoms in total. The molecule has 2 unspecified atom stereocenters. The summed E-state index contributed by atoms with van der Waals surface area (Å²) in [5, 5.41) is 3.46. The largest absolute Gasteiger partial charge is 0.497 e. The van der Waals surface area contributed by atoms with Crippen LogP contribution in [-0.4, -0.2) is 52.4 Å². The zero-order valence-corrected chi connectivity index (χ0v) is 26.3. The second kappa shape index (κ2) is 12.2. The van der Waals surface area contributed by atoms with Crippen LogP contribution in [0.1, 0.15) is 24.5 Å². The number of fused-ring (bicyclic) bond motifs is 2. The van der Waals surface area contributed by atoms with Gasteiger partial charge in [-0.25, -0.2) is 0 Å². The molecule has 214 valence electrons. The van der Waals surface area contributed by atoms with Crippen molar-refractivity contribution in [3.05, 3.63) is 83.9 Å². The maximum Gasteiger partial charge on any atom is 0.211 e. The van der Waals surface area contributed by atoms with Crippen molar-refractivity contribution in [2.45, 2.75) is 34.6 Å². The van der Waals surface area contributed by atoms with Crippen LogP contribution in [0.2, 0.25) is 0 Å².